The van der Waals surface area contributed by atoms with E-state index in [1.807, 2.05) is 19.1 Å². The fourth-order valence-electron chi connectivity index (χ4n) is 4.71. The first kappa shape index (κ1) is 29.1. The van der Waals surface area contributed by atoms with E-state index < -0.39 is 46.7 Å². The molecule has 0 bridgehead atoms. The fourth-order valence-corrected chi connectivity index (χ4v) is 5.60. The lowest BCUT2D eigenvalue weighted by Gasteiger charge is -2.28. The summed E-state index contributed by atoms with van der Waals surface area (Å²) >= 11 is 0. The van der Waals surface area contributed by atoms with Gasteiger partial charge in [0.1, 0.15) is 30.4 Å². The Bertz CT molecular complexity index is 1510. The SMILES string of the molecule is CCS(=O)(=O)N[C@H]1[C@@H](F)CN(C(=O)OCc2ccccc2)[C@H]1Cc1cccc(Cc2nc(C#N)ccc2C)c1F. The minimum atomic E-state index is -3.83. The van der Waals surface area contributed by atoms with Crippen molar-refractivity contribution in [2.24, 2.45) is 0 Å². The molecule has 1 aliphatic rings. The number of rotatable bonds is 9. The summed E-state index contributed by atoms with van der Waals surface area (Å²) < 4.78 is 63.6. The number of benzene rings is 2. The van der Waals surface area contributed by atoms with E-state index in [1.54, 1.807) is 48.5 Å². The molecule has 2 heterocycles. The van der Waals surface area contributed by atoms with Crippen LogP contribution in [0.5, 0.6) is 0 Å². The number of aryl methyl sites for hydroxylation is 1. The lowest BCUT2D eigenvalue weighted by atomic mass is 9.96. The highest BCUT2D eigenvalue weighted by atomic mass is 32.2. The predicted molar refractivity (Wildman–Crippen MR) is 145 cm³/mol. The summed E-state index contributed by atoms with van der Waals surface area (Å²) in [5.74, 6) is -0.845. The van der Waals surface area contributed by atoms with E-state index >= 15 is 8.78 Å². The van der Waals surface area contributed by atoms with Gasteiger partial charge < -0.3 is 9.64 Å². The molecule has 0 aliphatic carbocycles. The van der Waals surface area contributed by atoms with Gasteiger partial charge in [0.2, 0.25) is 10.0 Å². The van der Waals surface area contributed by atoms with E-state index in [4.69, 9.17) is 4.74 Å². The number of carbonyl (C=O) groups is 1. The average Bonchev–Trinajstić information content (AvgIpc) is 3.25. The summed E-state index contributed by atoms with van der Waals surface area (Å²) in [6.07, 6.45) is -2.57. The molecule has 40 heavy (non-hydrogen) atoms. The standard InChI is InChI=1S/C29H30F2N4O4S/c1-3-40(37,38)34-28-24(30)17-35(29(36)39-18-20-8-5-4-6-9-20)26(28)15-22-11-7-10-21(27(22)31)14-25-19(2)12-13-23(16-32)33-25/h4-13,24,26,28,34H,3,14-15,17-18H2,1-2H3/t24-,26-,28-/m0/s1. The number of likely N-dealkylation sites (tertiary alicyclic amines) is 1. The number of nitrogens with one attached hydrogen (secondary N) is 1. The van der Waals surface area contributed by atoms with Crippen molar-refractivity contribution < 1.29 is 26.7 Å². The second-order valence-corrected chi connectivity index (χ2v) is 11.7. The number of carbonyl (C=O) groups excluding carboxylic acids is 1. The van der Waals surface area contributed by atoms with Gasteiger partial charge in [-0.25, -0.2) is 31.7 Å². The van der Waals surface area contributed by atoms with E-state index in [0.29, 0.717) is 11.3 Å². The Balaban J connectivity index is 1.61. The van der Waals surface area contributed by atoms with E-state index in [2.05, 4.69) is 9.71 Å². The largest absolute Gasteiger partial charge is 0.445 e. The van der Waals surface area contributed by atoms with Crippen molar-refractivity contribution >= 4 is 16.1 Å². The molecule has 1 aromatic heterocycles. The van der Waals surface area contributed by atoms with E-state index in [-0.39, 0.29) is 36.5 Å². The molecule has 0 saturated carbocycles. The lowest BCUT2D eigenvalue weighted by Crippen LogP contribution is -2.50. The first-order valence-corrected chi connectivity index (χ1v) is 14.5. The normalized spacial score (nSPS) is 18.9. The Hall–Kier alpha value is -3.88. The summed E-state index contributed by atoms with van der Waals surface area (Å²) in [4.78, 5) is 18.5. The summed E-state index contributed by atoms with van der Waals surface area (Å²) in [6, 6.07) is 16.7. The first-order valence-electron chi connectivity index (χ1n) is 12.9. The molecule has 1 N–H and O–H groups in total. The van der Waals surface area contributed by atoms with Gasteiger partial charge in [0.05, 0.1) is 24.4 Å². The molecule has 0 unspecified atom stereocenters. The first-order chi connectivity index (χ1) is 19.1. The van der Waals surface area contributed by atoms with Crippen LogP contribution in [-0.2, 0) is 34.2 Å². The molecule has 2 aromatic carbocycles. The number of nitriles is 1. The van der Waals surface area contributed by atoms with Gasteiger partial charge in [-0.2, -0.15) is 5.26 Å². The van der Waals surface area contributed by atoms with Gasteiger partial charge in [0, 0.05) is 12.1 Å². The zero-order valence-corrected chi connectivity index (χ0v) is 23.0. The van der Waals surface area contributed by atoms with Crippen LogP contribution in [0.2, 0.25) is 0 Å². The minimum absolute atomic E-state index is 0.0524. The van der Waals surface area contributed by atoms with Crippen LogP contribution in [0.15, 0.2) is 60.7 Å². The highest BCUT2D eigenvalue weighted by molar-refractivity contribution is 7.89. The number of hydrogen-bond donors (Lipinski definition) is 1. The van der Waals surface area contributed by atoms with Gasteiger partial charge in [-0.3, -0.25) is 0 Å². The van der Waals surface area contributed by atoms with E-state index in [1.165, 1.54) is 13.0 Å². The third kappa shape index (κ3) is 6.81. The maximum Gasteiger partial charge on any atom is 0.410 e. The number of aromatic nitrogens is 1. The van der Waals surface area contributed by atoms with Crippen molar-refractivity contribution in [2.45, 2.75) is 51.6 Å². The second-order valence-electron chi connectivity index (χ2n) is 9.67. The van der Waals surface area contributed by atoms with Crippen LogP contribution in [0.1, 0.15) is 40.6 Å². The number of amides is 1. The zero-order chi connectivity index (χ0) is 28.9. The van der Waals surface area contributed by atoms with Gasteiger partial charge in [0.25, 0.3) is 0 Å². The maximum absolute atomic E-state index is 15.8. The summed E-state index contributed by atoms with van der Waals surface area (Å²) in [7, 11) is -3.83. The molecule has 1 amide bonds. The van der Waals surface area contributed by atoms with E-state index in [0.717, 1.165) is 16.0 Å². The topological polar surface area (TPSA) is 112 Å². The molecule has 0 radical (unpaired) electrons. The molecule has 1 fully saturated rings. The number of sulfonamides is 1. The Kier molecular flexibility index (Phi) is 9.12. The predicted octanol–water partition coefficient (Wildman–Crippen LogP) is 4.20. The van der Waals surface area contributed by atoms with Crippen molar-refractivity contribution in [3.8, 4) is 6.07 Å². The number of halogens is 2. The van der Waals surface area contributed by atoms with Crippen LogP contribution in [0, 0.1) is 24.1 Å². The number of pyridine rings is 1. The third-order valence-corrected chi connectivity index (χ3v) is 8.36. The van der Waals surface area contributed by atoms with Crippen LogP contribution in [-0.4, -0.2) is 54.9 Å². The molecule has 0 spiro atoms. The monoisotopic (exact) mass is 568 g/mol. The molecule has 1 saturated heterocycles. The van der Waals surface area contributed by atoms with Crippen molar-refractivity contribution in [3.63, 3.8) is 0 Å². The molecule has 11 heteroatoms. The zero-order valence-electron chi connectivity index (χ0n) is 22.2. The number of alkyl halides is 1. The third-order valence-electron chi connectivity index (χ3n) is 6.97. The highest BCUT2D eigenvalue weighted by Gasteiger charge is 2.47. The maximum atomic E-state index is 15.8. The van der Waals surface area contributed by atoms with Crippen LogP contribution in [0.3, 0.4) is 0 Å². The lowest BCUT2D eigenvalue weighted by molar-refractivity contribution is 0.0894. The number of hydrogen-bond acceptors (Lipinski definition) is 6. The van der Waals surface area contributed by atoms with Gasteiger partial charge in [-0.1, -0.05) is 54.6 Å². The van der Waals surface area contributed by atoms with Gasteiger partial charge in [0.15, 0.2) is 0 Å². The summed E-state index contributed by atoms with van der Waals surface area (Å²) in [6.45, 7) is 2.78. The Morgan fingerprint density at radius 1 is 1.15 bits per heavy atom. The second kappa shape index (κ2) is 12.5. The molecule has 4 rings (SSSR count). The van der Waals surface area contributed by atoms with Crippen LogP contribution in [0.25, 0.3) is 0 Å². The molecule has 8 nitrogen and oxygen atoms in total. The Morgan fingerprint density at radius 3 is 2.58 bits per heavy atom. The van der Waals surface area contributed by atoms with Gasteiger partial charge in [-0.15, -0.1) is 0 Å². The fraction of sp³-hybridized carbons (Fsp3) is 0.345. The molecule has 3 aromatic rings. The van der Waals surface area contributed by atoms with Gasteiger partial charge >= 0.3 is 6.09 Å². The summed E-state index contributed by atoms with van der Waals surface area (Å²) in [5.41, 5.74) is 2.78. The number of ether oxygens (including phenoxy) is 1. The van der Waals surface area contributed by atoms with Gasteiger partial charge in [-0.05, 0) is 48.6 Å². The summed E-state index contributed by atoms with van der Waals surface area (Å²) in [5, 5.41) is 9.19. The van der Waals surface area contributed by atoms with Crippen molar-refractivity contribution in [2.75, 3.05) is 12.3 Å². The minimum Gasteiger partial charge on any atom is -0.445 e. The molecular formula is C29H30F2N4O4S. The molecular weight excluding hydrogens is 538 g/mol. The average molecular weight is 569 g/mol. The molecule has 1 aliphatic heterocycles. The van der Waals surface area contributed by atoms with E-state index in [9.17, 15) is 18.5 Å². The smallest absolute Gasteiger partial charge is 0.410 e. The molecule has 3 atom stereocenters. The van der Waals surface area contributed by atoms with Crippen LogP contribution >= 0.6 is 0 Å². The quantitative estimate of drug-likeness (QED) is 0.414. The van der Waals surface area contributed by atoms with Crippen LogP contribution < -0.4 is 4.72 Å². The van der Waals surface area contributed by atoms with Crippen molar-refractivity contribution in [1.29, 1.82) is 5.26 Å². The highest BCUT2D eigenvalue weighted by Crippen LogP contribution is 2.28. The Labute approximate surface area is 232 Å². The van der Waals surface area contributed by atoms with Crippen LogP contribution in [0.4, 0.5) is 13.6 Å². The Morgan fingerprint density at radius 2 is 1.88 bits per heavy atom. The van der Waals surface area contributed by atoms with Crippen molar-refractivity contribution in [3.05, 3.63) is 100 Å². The number of nitrogens with zero attached hydrogens (tertiary/aromatic N) is 3. The van der Waals surface area contributed by atoms with Crippen molar-refractivity contribution in [1.82, 2.24) is 14.6 Å². The molecule has 210 valence electrons.